The molecule has 1 aromatic heterocycles. The SMILES string of the molecule is CC(=S)OCc1cncc(Br)c1. The minimum Gasteiger partial charge on any atom is -0.483 e. The Hall–Kier alpha value is -0.480. The van der Waals surface area contributed by atoms with Crippen molar-refractivity contribution in [2.24, 2.45) is 0 Å². The molecule has 0 unspecified atom stereocenters. The van der Waals surface area contributed by atoms with Gasteiger partial charge >= 0.3 is 0 Å². The first kappa shape index (κ1) is 9.61. The largest absolute Gasteiger partial charge is 0.483 e. The number of ether oxygens (including phenoxy) is 1. The molecular weight excluding hydrogens is 238 g/mol. The third-order valence-electron chi connectivity index (χ3n) is 1.20. The number of nitrogens with zero attached hydrogens (tertiary/aromatic N) is 1. The molecular formula is C8H8BrNOS. The summed E-state index contributed by atoms with van der Waals surface area (Å²) in [5.41, 5.74) is 1.01. The van der Waals surface area contributed by atoms with Crippen molar-refractivity contribution in [2.45, 2.75) is 13.5 Å². The molecule has 0 N–H and O–H groups in total. The van der Waals surface area contributed by atoms with Gasteiger partial charge in [0.1, 0.15) is 6.61 Å². The molecule has 0 fully saturated rings. The lowest BCUT2D eigenvalue weighted by atomic mass is 10.3. The number of pyridine rings is 1. The zero-order valence-electron chi connectivity index (χ0n) is 6.58. The molecule has 0 saturated carbocycles. The molecule has 0 spiro atoms. The summed E-state index contributed by atoms with van der Waals surface area (Å²) in [6, 6.07) is 1.95. The maximum absolute atomic E-state index is 5.15. The van der Waals surface area contributed by atoms with Crippen molar-refractivity contribution in [2.75, 3.05) is 0 Å². The standard InChI is InChI=1S/C8H8BrNOS/c1-6(12)11-5-7-2-8(9)4-10-3-7/h2-4H,5H2,1H3. The number of hydrogen-bond donors (Lipinski definition) is 0. The molecule has 0 saturated heterocycles. The van der Waals surface area contributed by atoms with Gasteiger partial charge in [0.15, 0.2) is 5.05 Å². The van der Waals surface area contributed by atoms with Crippen LogP contribution >= 0.6 is 28.1 Å². The summed E-state index contributed by atoms with van der Waals surface area (Å²) < 4.78 is 6.10. The van der Waals surface area contributed by atoms with Crippen LogP contribution in [-0.2, 0) is 11.3 Å². The van der Waals surface area contributed by atoms with E-state index in [1.165, 1.54) is 0 Å². The van der Waals surface area contributed by atoms with Crippen LogP contribution in [0.3, 0.4) is 0 Å². The molecule has 0 atom stereocenters. The summed E-state index contributed by atoms with van der Waals surface area (Å²) in [6.07, 6.45) is 3.48. The highest BCUT2D eigenvalue weighted by Crippen LogP contribution is 2.10. The van der Waals surface area contributed by atoms with Crippen LogP contribution in [-0.4, -0.2) is 10.0 Å². The molecule has 0 aromatic carbocycles. The van der Waals surface area contributed by atoms with Crippen LogP contribution in [0.5, 0.6) is 0 Å². The van der Waals surface area contributed by atoms with Crippen molar-refractivity contribution in [1.82, 2.24) is 4.98 Å². The predicted octanol–water partition coefficient (Wildman–Crippen LogP) is 2.71. The number of rotatable bonds is 2. The van der Waals surface area contributed by atoms with Gasteiger partial charge in [0.05, 0.1) is 0 Å². The highest BCUT2D eigenvalue weighted by Gasteiger charge is 1.95. The minimum absolute atomic E-state index is 0.488. The minimum atomic E-state index is 0.488. The lowest BCUT2D eigenvalue weighted by molar-refractivity contribution is 0.298. The lowest BCUT2D eigenvalue weighted by Crippen LogP contribution is -1.96. The van der Waals surface area contributed by atoms with E-state index in [1.54, 1.807) is 19.3 Å². The van der Waals surface area contributed by atoms with Crippen molar-refractivity contribution in [3.05, 3.63) is 28.5 Å². The van der Waals surface area contributed by atoms with E-state index in [1.807, 2.05) is 6.07 Å². The molecule has 64 valence electrons. The molecule has 2 nitrogen and oxygen atoms in total. The van der Waals surface area contributed by atoms with Crippen LogP contribution in [0.25, 0.3) is 0 Å². The highest BCUT2D eigenvalue weighted by atomic mass is 79.9. The normalized spacial score (nSPS) is 9.50. The molecule has 12 heavy (non-hydrogen) atoms. The predicted molar refractivity (Wildman–Crippen MR) is 55.0 cm³/mol. The summed E-state index contributed by atoms with van der Waals surface area (Å²) in [4.78, 5) is 3.99. The van der Waals surface area contributed by atoms with Crippen LogP contribution in [0, 0.1) is 0 Å². The summed E-state index contributed by atoms with van der Waals surface area (Å²) in [5.74, 6) is 0. The van der Waals surface area contributed by atoms with Crippen LogP contribution < -0.4 is 0 Å². The molecule has 0 aliphatic carbocycles. The third-order valence-corrected chi connectivity index (χ3v) is 1.76. The summed E-state index contributed by atoms with van der Waals surface area (Å²) in [5, 5.41) is 0.551. The van der Waals surface area contributed by atoms with Crippen LogP contribution in [0.2, 0.25) is 0 Å². The average Bonchev–Trinajstić information content (AvgIpc) is 2.01. The van der Waals surface area contributed by atoms with Gasteiger partial charge in [-0.3, -0.25) is 4.98 Å². The second-order valence-electron chi connectivity index (χ2n) is 2.29. The van der Waals surface area contributed by atoms with E-state index in [0.717, 1.165) is 10.0 Å². The summed E-state index contributed by atoms with van der Waals surface area (Å²) in [6.45, 7) is 2.24. The first-order chi connectivity index (χ1) is 5.68. The quantitative estimate of drug-likeness (QED) is 0.749. The second kappa shape index (κ2) is 4.52. The molecule has 4 heteroatoms. The number of hydrogen-bond acceptors (Lipinski definition) is 3. The smallest absolute Gasteiger partial charge is 0.157 e. The molecule has 0 bridgehead atoms. The van der Waals surface area contributed by atoms with Crippen LogP contribution in [0.15, 0.2) is 22.9 Å². The third kappa shape index (κ3) is 3.28. The first-order valence-corrected chi connectivity index (χ1v) is 4.61. The Morgan fingerprint density at radius 2 is 2.42 bits per heavy atom. The van der Waals surface area contributed by atoms with Gasteiger partial charge in [0, 0.05) is 29.4 Å². The van der Waals surface area contributed by atoms with Gasteiger partial charge in [-0.2, -0.15) is 0 Å². The lowest BCUT2D eigenvalue weighted by Gasteiger charge is -2.02. The van der Waals surface area contributed by atoms with Gasteiger partial charge in [-0.1, -0.05) is 0 Å². The van der Waals surface area contributed by atoms with Gasteiger partial charge in [-0.25, -0.2) is 0 Å². The molecule has 1 heterocycles. The fourth-order valence-corrected chi connectivity index (χ4v) is 1.19. The highest BCUT2D eigenvalue weighted by molar-refractivity contribution is 9.10. The Morgan fingerprint density at radius 1 is 1.67 bits per heavy atom. The Morgan fingerprint density at radius 3 is 3.00 bits per heavy atom. The second-order valence-corrected chi connectivity index (χ2v) is 3.78. The van der Waals surface area contributed by atoms with Crippen LogP contribution in [0.4, 0.5) is 0 Å². The average molecular weight is 246 g/mol. The van der Waals surface area contributed by atoms with Crippen molar-refractivity contribution < 1.29 is 4.74 Å². The fourth-order valence-electron chi connectivity index (χ4n) is 0.720. The van der Waals surface area contributed by atoms with E-state index in [-0.39, 0.29) is 0 Å². The van der Waals surface area contributed by atoms with Gasteiger partial charge in [0.2, 0.25) is 0 Å². The van der Waals surface area contributed by atoms with E-state index >= 15 is 0 Å². The summed E-state index contributed by atoms with van der Waals surface area (Å²) in [7, 11) is 0. The zero-order valence-corrected chi connectivity index (χ0v) is 8.98. The Labute approximate surface area is 85.1 Å². The van der Waals surface area contributed by atoms with Gasteiger partial charge in [-0.15, -0.1) is 0 Å². The zero-order chi connectivity index (χ0) is 8.97. The van der Waals surface area contributed by atoms with E-state index < -0.39 is 0 Å². The number of thiocarbonyl (C=S) groups is 1. The molecule has 0 amide bonds. The Bertz CT molecular complexity index is 290. The van der Waals surface area contributed by atoms with E-state index in [4.69, 9.17) is 17.0 Å². The van der Waals surface area contributed by atoms with Crippen molar-refractivity contribution >= 4 is 33.2 Å². The van der Waals surface area contributed by atoms with E-state index in [0.29, 0.717) is 11.7 Å². The number of halogens is 1. The first-order valence-electron chi connectivity index (χ1n) is 3.41. The Kier molecular flexibility index (Phi) is 3.62. The van der Waals surface area contributed by atoms with Crippen molar-refractivity contribution in [3.63, 3.8) is 0 Å². The van der Waals surface area contributed by atoms with Gasteiger partial charge in [0.25, 0.3) is 0 Å². The van der Waals surface area contributed by atoms with Crippen LogP contribution in [0.1, 0.15) is 12.5 Å². The van der Waals surface area contributed by atoms with Gasteiger partial charge < -0.3 is 4.74 Å². The maximum Gasteiger partial charge on any atom is 0.157 e. The van der Waals surface area contributed by atoms with Gasteiger partial charge in [-0.05, 0) is 34.2 Å². The molecule has 1 aromatic rings. The van der Waals surface area contributed by atoms with Crippen molar-refractivity contribution in [3.8, 4) is 0 Å². The monoisotopic (exact) mass is 245 g/mol. The molecule has 0 aliphatic rings. The summed E-state index contributed by atoms with van der Waals surface area (Å²) >= 11 is 8.09. The fraction of sp³-hybridized carbons (Fsp3) is 0.250. The number of aromatic nitrogens is 1. The van der Waals surface area contributed by atoms with Crippen molar-refractivity contribution in [1.29, 1.82) is 0 Å². The molecule has 0 aliphatic heterocycles. The Balaban J connectivity index is 2.57. The van der Waals surface area contributed by atoms with E-state index in [9.17, 15) is 0 Å². The van der Waals surface area contributed by atoms with E-state index in [2.05, 4.69) is 20.9 Å². The topological polar surface area (TPSA) is 22.1 Å². The molecule has 1 rings (SSSR count). The maximum atomic E-state index is 5.15. The molecule has 0 radical (unpaired) electrons.